The lowest BCUT2D eigenvalue weighted by Gasteiger charge is -2.33. The summed E-state index contributed by atoms with van der Waals surface area (Å²) < 4.78 is 0. The van der Waals surface area contributed by atoms with Crippen LogP contribution in [0.5, 0.6) is 0 Å². The summed E-state index contributed by atoms with van der Waals surface area (Å²) in [6.07, 6.45) is 5.10. The van der Waals surface area contributed by atoms with Gasteiger partial charge < -0.3 is 20.9 Å². The molecule has 6 nitrogen and oxygen atoms in total. The van der Waals surface area contributed by atoms with E-state index in [9.17, 15) is 4.79 Å². The maximum Gasteiger partial charge on any atom is 0.227 e. The summed E-state index contributed by atoms with van der Waals surface area (Å²) in [5, 5.41) is 9.48. The number of guanidine groups is 1. The number of amides is 1. The fraction of sp³-hybridized carbons (Fsp3) is 0.875. The Bertz CT molecular complexity index is 409. The SMILES string of the molecule is CN=C(NCC(C)(C)C(=O)NC)NC1CCN(C2CC2)CC1. The lowest BCUT2D eigenvalue weighted by Crippen LogP contribution is -2.52. The fourth-order valence-corrected chi connectivity index (χ4v) is 2.96. The number of nitrogens with one attached hydrogen (secondary N) is 3. The van der Waals surface area contributed by atoms with Gasteiger partial charge in [-0.2, -0.15) is 0 Å². The van der Waals surface area contributed by atoms with Crippen molar-refractivity contribution < 1.29 is 4.79 Å². The van der Waals surface area contributed by atoms with Crippen molar-refractivity contribution in [3.63, 3.8) is 0 Å². The number of carbonyl (C=O) groups is 1. The molecule has 0 radical (unpaired) electrons. The van der Waals surface area contributed by atoms with E-state index >= 15 is 0 Å². The minimum atomic E-state index is -0.457. The molecule has 1 amide bonds. The molecule has 2 aliphatic rings. The molecule has 22 heavy (non-hydrogen) atoms. The molecule has 0 bridgehead atoms. The zero-order valence-corrected chi connectivity index (χ0v) is 14.4. The molecule has 1 aliphatic carbocycles. The first kappa shape index (κ1) is 17.1. The maximum absolute atomic E-state index is 11.8. The molecule has 0 aromatic rings. The van der Waals surface area contributed by atoms with Crippen LogP contribution in [-0.4, -0.2) is 62.6 Å². The molecular formula is C16H31N5O. The van der Waals surface area contributed by atoms with Gasteiger partial charge in [-0.05, 0) is 39.5 Å². The molecule has 2 fully saturated rings. The first-order valence-corrected chi connectivity index (χ1v) is 8.39. The number of hydrogen-bond acceptors (Lipinski definition) is 3. The summed E-state index contributed by atoms with van der Waals surface area (Å²) in [6.45, 7) is 6.79. The van der Waals surface area contributed by atoms with Crippen LogP contribution >= 0.6 is 0 Å². The van der Waals surface area contributed by atoms with E-state index in [1.165, 1.54) is 25.9 Å². The summed E-state index contributed by atoms with van der Waals surface area (Å²) in [6, 6.07) is 1.34. The average Bonchev–Trinajstić information content (AvgIpc) is 3.36. The summed E-state index contributed by atoms with van der Waals surface area (Å²) >= 11 is 0. The quantitative estimate of drug-likeness (QED) is 0.512. The molecule has 1 saturated heterocycles. The second kappa shape index (κ2) is 7.31. The van der Waals surface area contributed by atoms with Crippen LogP contribution in [0.2, 0.25) is 0 Å². The first-order chi connectivity index (χ1) is 10.5. The molecule has 2 rings (SSSR count). The van der Waals surface area contributed by atoms with Crippen LogP contribution in [0.3, 0.4) is 0 Å². The van der Waals surface area contributed by atoms with Crippen LogP contribution in [0, 0.1) is 5.41 Å². The van der Waals surface area contributed by atoms with Crippen molar-refractivity contribution in [2.24, 2.45) is 10.4 Å². The van der Waals surface area contributed by atoms with Crippen LogP contribution in [0.1, 0.15) is 39.5 Å². The van der Waals surface area contributed by atoms with Crippen LogP contribution in [0.15, 0.2) is 4.99 Å². The van der Waals surface area contributed by atoms with Gasteiger partial charge >= 0.3 is 0 Å². The molecule has 0 spiro atoms. The Morgan fingerprint density at radius 3 is 2.36 bits per heavy atom. The molecule has 1 aliphatic heterocycles. The second-order valence-corrected chi connectivity index (χ2v) is 7.07. The molecule has 126 valence electrons. The highest BCUT2D eigenvalue weighted by molar-refractivity contribution is 5.84. The molecule has 0 unspecified atom stereocenters. The predicted molar refractivity (Wildman–Crippen MR) is 90.0 cm³/mol. The third-order valence-corrected chi connectivity index (χ3v) is 4.70. The van der Waals surface area contributed by atoms with Crippen molar-refractivity contribution >= 4 is 11.9 Å². The van der Waals surface area contributed by atoms with E-state index in [4.69, 9.17) is 0 Å². The molecule has 0 aromatic carbocycles. The summed E-state index contributed by atoms with van der Waals surface area (Å²) in [4.78, 5) is 18.7. The number of likely N-dealkylation sites (tertiary alicyclic amines) is 1. The van der Waals surface area contributed by atoms with E-state index in [0.717, 1.165) is 24.8 Å². The highest BCUT2D eigenvalue weighted by Gasteiger charge is 2.32. The first-order valence-electron chi connectivity index (χ1n) is 8.39. The second-order valence-electron chi connectivity index (χ2n) is 7.07. The highest BCUT2D eigenvalue weighted by Crippen LogP contribution is 2.29. The molecule has 0 atom stereocenters. The van der Waals surface area contributed by atoms with Gasteiger partial charge in [-0.15, -0.1) is 0 Å². The fourth-order valence-electron chi connectivity index (χ4n) is 2.96. The highest BCUT2D eigenvalue weighted by atomic mass is 16.2. The normalized spacial score (nSPS) is 21.5. The molecule has 1 saturated carbocycles. The van der Waals surface area contributed by atoms with Gasteiger partial charge in [0.25, 0.3) is 0 Å². The number of piperidine rings is 1. The van der Waals surface area contributed by atoms with Gasteiger partial charge in [0, 0.05) is 45.8 Å². The summed E-state index contributed by atoms with van der Waals surface area (Å²) in [5.41, 5.74) is -0.457. The van der Waals surface area contributed by atoms with Crippen LogP contribution in [0.4, 0.5) is 0 Å². The largest absolute Gasteiger partial charge is 0.359 e. The van der Waals surface area contributed by atoms with Gasteiger partial charge in [0.2, 0.25) is 5.91 Å². The van der Waals surface area contributed by atoms with Gasteiger partial charge in [0.15, 0.2) is 5.96 Å². The van der Waals surface area contributed by atoms with E-state index in [-0.39, 0.29) is 5.91 Å². The van der Waals surface area contributed by atoms with Crippen LogP contribution in [0.25, 0.3) is 0 Å². The van der Waals surface area contributed by atoms with Crippen molar-refractivity contribution in [3.8, 4) is 0 Å². The summed E-state index contributed by atoms with van der Waals surface area (Å²) in [7, 11) is 3.45. The monoisotopic (exact) mass is 309 g/mol. The van der Waals surface area contributed by atoms with E-state index in [2.05, 4.69) is 25.8 Å². The van der Waals surface area contributed by atoms with E-state index in [1.54, 1.807) is 14.1 Å². The number of hydrogen-bond donors (Lipinski definition) is 3. The van der Waals surface area contributed by atoms with Crippen molar-refractivity contribution in [2.75, 3.05) is 33.7 Å². The van der Waals surface area contributed by atoms with Gasteiger partial charge in [-0.1, -0.05) is 0 Å². The topological polar surface area (TPSA) is 68.8 Å². The lowest BCUT2D eigenvalue weighted by atomic mass is 9.92. The Morgan fingerprint density at radius 2 is 1.86 bits per heavy atom. The Morgan fingerprint density at radius 1 is 1.23 bits per heavy atom. The Hall–Kier alpha value is -1.30. The van der Waals surface area contributed by atoms with Gasteiger partial charge in [-0.3, -0.25) is 9.79 Å². The van der Waals surface area contributed by atoms with E-state index in [1.807, 2.05) is 13.8 Å². The molecule has 1 heterocycles. The van der Waals surface area contributed by atoms with E-state index in [0.29, 0.717) is 12.6 Å². The maximum atomic E-state index is 11.8. The van der Waals surface area contributed by atoms with Gasteiger partial charge in [-0.25, -0.2) is 0 Å². The minimum Gasteiger partial charge on any atom is -0.359 e. The van der Waals surface area contributed by atoms with E-state index < -0.39 is 5.41 Å². The molecular weight excluding hydrogens is 278 g/mol. The average molecular weight is 309 g/mol. The Balaban J connectivity index is 1.74. The van der Waals surface area contributed by atoms with Crippen LogP contribution in [-0.2, 0) is 4.79 Å². The predicted octanol–water partition coefficient (Wildman–Crippen LogP) is 0.550. The summed E-state index contributed by atoms with van der Waals surface area (Å²) in [5.74, 6) is 0.829. The zero-order valence-electron chi connectivity index (χ0n) is 14.4. The van der Waals surface area contributed by atoms with Crippen molar-refractivity contribution in [1.82, 2.24) is 20.9 Å². The lowest BCUT2D eigenvalue weighted by molar-refractivity contribution is -0.128. The Kier molecular flexibility index (Phi) is 5.67. The smallest absolute Gasteiger partial charge is 0.227 e. The molecule has 0 aromatic heterocycles. The van der Waals surface area contributed by atoms with Crippen molar-refractivity contribution in [3.05, 3.63) is 0 Å². The van der Waals surface area contributed by atoms with Crippen molar-refractivity contribution in [2.45, 2.75) is 51.6 Å². The number of rotatable bonds is 5. The molecule has 3 N–H and O–H groups in total. The molecule has 6 heteroatoms. The third kappa shape index (κ3) is 4.60. The minimum absolute atomic E-state index is 0.0354. The Labute approximate surface area is 134 Å². The standard InChI is InChI=1S/C16H31N5O/c1-16(2,14(22)17-3)11-19-15(18-4)20-12-7-9-21(10-8-12)13-5-6-13/h12-13H,5-11H2,1-4H3,(H,17,22)(H2,18,19,20). The van der Waals surface area contributed by atoms with Crippen LogP contribution < -0.4 is 16.0 Å². The number of aliphatic imine (C=N–C) groups is 1. The third-order valence-electron chi connectivity index (χ3n) is 4.70. The zero-order chi connectivity index (χ0) is 16.2. The van der Waals surface area contributed by atoms with Gasteiger partial charge in [0.05, 0.1) is 5.41 Å². The van der Waals surface area contributed by atoms with Crippen molar-refractivity contribution in [1.29, 1.82) is 0 Å². The number of carbonyl (C=O) groups excluding carboxylic acids is 1. The number of nitrogens with zero attached hydrogens (tertiary/aromatic N) is 2. The van der Waals surface area contributed by atoms with Gasteiger partial charge in [0.1, 0.15) is 0 Å².